The molecule has 0 heterocycles. The van der Waals surface area contributed by atoms with Gasteiger partial charge in [0, 0.05) is 11.1 Å². The van der Waals surface area contributed by atoms with Crippen LogP contribution in [0.3, 0.4) is 0 Å². The summed E-state index contributed by atoms with van der Waals surface area (Å²) < 4.78 is 62.8. The summed E-state index contributed by atoms with van der Waals surface area (Å²) in [5.74, 6) is 0. The number of hydrogen-bond donors (Lipinski definition) is 0. The third-order valence-electron chi connectivity index (χ3n) is 4.00. The van der Waals surface area contributed by atoms with E-state index in [9.17, 15) is 16.9 Å². The predicted molar refractivity (Wildman–Crippen MR) is 100 cm³/mol. The molecular formula is C20H26F6ISb. The maximum atomic E-state index is 9.93. The molecule has 0 nitrogen and oxygen atoms in total. The number of rotatable bonds is 6. The van der Waals surface area contributed by atoms with Gasteiger partial charge in [0.05, 0.1) is 0 Å². The zero-order chi connectivity index (χ0) is 21.7. The Labute approximate surface area is 175 Å². The first kappa shape index (κ1) is 25.6. The molecule has 0 saturated heterocycles. The molecule has 0 radical (unpaired) electrons. The molecule has 0 fully saturated rings. The van der Waals surface area contributed by atoms with E-state index in [4.69, 9.17) is 0 Å². The maximum absolute atomic E-state index is 11.2. The van der Waals surface area contributed by atoms with E-state index < -0.39 is 19.5 Å². The van der Waals surface area contributed by atoms with Gasteiger partial charge < -0.3 is 0 Å². The van der Waals surface area contributed by atoms with Crippen molar-refractivity contribution < 1.29 is 38.1 Å². The van der Waals surface area contributed by atoms with E-state index in [-0.39, 0.29) is 21.2 Å². The van der Waals surface area contributed by atoms with Gasteiger partial charge in [0.25, 0.3) is 0 Å². The summed E-state index contributed by atoms with van der Waals surface area (Å²) in [6.45, 7) is 9.04. The Bertz CT molecular complexity index is 735. The van der Waals surface area contributed by atoms with Crippen LogP contribution >= 0.6 is 0 Å². The van der Waals surface area contributed by atoms with E-state index >= 15 is 0 Å². The average molecular weight is 629 g/mol. The Balaban J connectivity index is 0.000000480. The quantitative estimate of drug-likeness (QED) is 0.256. The van der Waals surface area contributed by atoms with Crippen LogP contribution in [0.4, 0.5) is 16.9 Å². The fourth-order valence-electron chi connectivity index (χ4n) is 2.53. The molecule has 160 valence electrons. The number of benzene rings is 2. The third kappa shape index (κ3) is 10.9. The fourth-order valence-corrected chi connectivity index (χ4v) is 5.64. The van der Waals surface area contributed by atoms with Gasteiger partial charge in [0.15, 0.2) is 7.14 Å². The van der Waals surface area contributed by atoms with E-state index in [1.165, 1.54) is 11.1 Å². The van der Waals surface area contributed by atoms with Crippen molar-refractivity contribution >= 4 is 19.5 Å². The third-order valence-corrected chi connectivity index (χ3v) is 7.27. The average Bonchev–Trinajstić information content (AvgIpc) is 2.59. The molecule has 2 aromatic carbocycles. The second-order valence-corrected chi connectivity index (χ2v) is 14.7. The van der Waals surface area contributed by atoms with Crippen LogP contribution in [-0.2, 0) is 25.7 Å². The Morgan fingerprint density at radius 1 is 0.607 bits per heavy atom. The molecule has 28 heavy (non-hydrogen) atoms. The van der Waals surface area contributed by atoms with E-state index in [0.29, 0.717) is 0 Å². The molecule has 0 bridgehead atoms. The minimum atomic E-state index is -11.2. The van der Waals surface area contributed by atoms with Gasteiger partial charge in [-0.15, -0.1) is 0 Å². The van der Waals surface area contributed by atoms with E-state index in [1.54, 1.807) is 18.3 Å². The first-order valence-corrected chi connectivity index (χ1v) is 17.1. The van der Waals surface area contributed by atoms with Gasteiger partial charge >= 0.3 is 57.6 Å². The molecule has 0 aliphatic carbocycles. The Hall–Kier alpha value is -0.432. The normalized spacial score (nSPS) is 13.9. The van der Waals surface area contributed by atoms with Gasteiger partial charge in [-0.1, -0.05) is 52.0 Å². The van der Waals surface area contributed by atoms with Crippen molar-refractivity contribution in [2.45, 2.75) is 53.4 Å². The molecule has 0 atom stereocenters. The summed E-state index contributed by atoms with van der Waals surface area (Å²) in [7, 11) is 0. The summed E-state index contributed by atoms with van der Waals surface area (Å²) >= 11 is -11.3. The van der Waals surface area contributed by atoms with Gasteiger partial charge in [-0.05, 0) is 48.9 Å². The van der Waals surface area contributed by atoms with Gasteiger partial charge in [0.1, 0.15) is 0 Å². The standard InChI is InChI=1S/C20H26I.6FH.Sb/c1-5-15-9-11-19(17(7-3)13-15)21-20-12-10-16(6-2)14-18(20)8-4;;;;;;;/h9-14H,5-8H2,1-4H3;6*1H;/q+1;;;;;;;+5/p-6. The molecule has 2 rings (SSSR count). The first-order chi connectivity index (χ1) is 12.7. The van der Waals surface area contributed by atoms with Crippen molar-refractivity contribution in [1.29, 1.82) is 0 Å². The molecule has 0 amide bonds. The molecule has 0 N–H and O–H groups in total. The molecule has 0 aliphatic heterocycles. The molecule has 0 aromatic heterocycles. The molecule has 0 saturated carbocycles. The summed E-state index contributed by atoms with van der Waals surface area (Å²) in [4.78, 5) is 0. The van der Waals surface area contributed by atoms with Crippen LogP contribution in [0, 0.1) is 7.14 Å². The van der Waals surface area contributed by atoms with Crippen LogP contribution in [0.15, 0.2) is 36.4 Å². The van der Waals surface area contributed by atoms with Gasteiger partial charge in [-0.25, -0.2) is 0 Å². The molecule has 8 heteroatoms. The van der Waals surface area contributed by atoms with Gasteiger partial charge in [-0.2, -0.15) is 0 Å². The second-order valence-electron chi connectivity index (χ2n) is 6.32. The zero-order valence-electron chi connectivity index (χ0n) is 16.4. The Kier molecular flexibility index (Phi) is 8.37. The summed E-state index contributed by atoms with van der Waals surface area (Å²) in [6.07, 6.45) is 4.57. The Morgan fingerprint density at radius 3 is 1.18 bits per heavy atom. The number of aryl methyl sites for hydroxylation is 4. The zero-order valence-corrected chi connectivity index (χ0v) is 21.1. The predicted octanol–water partition coefficient (Wildman–Crippen LogP) is 4.21. The van der Waals surface area contributed by atoms with Crippen molar-refractivity contribution in [3.63, 3.8) is 0 Å². The van der Waals surface area contributed by atoms with Crippen molar-refractivity contribution in [3.8, 4) is 0 Å². The van der Waals surface area contributed by atoms with Crippen molar-refractivity contribution in [2.75, 3.05) is 0 Å². The molecule has 0 unspecified atom stereocenters. The number of hydrogen-bond acceptors (Lipinski definition) is 0. The van der Waals surface area contributed by atoms with Crippen LogP contribution in [0.1, 0.15) is 49.9 Å². The SMILES string of the molecule is CCc1ccc([I+]c2ccc(CC)cc2CC)c(CC)c1.[F][Sb-]([F])([F])([F])([F])[F]. The van der Waals surface area contributed by atoms with Crippen molar-refractivity contribution in [2.24, 2.45) is 0 Å². The van der Waals surface area contributed by atoms with Crippen molar-refractivity contribution in [3.05, 3.63) is 65.8 Å². The van der Waals surface area contributed by atoms with Gasteiger partial charge in [-0.3, -0.25) is 0 Å². The van der Waals surface area contributed by atoms with E-state index in [2.05, 4.69) is 64.1 Å². The van der Waals surface area contributed by atoms with Crippen molar-refractivity contribution in [1.82, 2.24) is 0 Å². The fraction of sp³-hybridized carbons (Fsp3) is 0.400. The first-order valence-electron chi connectivity index (χ1n) is 9.11. The molecular weight excluding hydrogens is 603 g/mol. The molecule has 0 spiro atoms. The number of halogens is 7. The monoisotopic (exact) mass is 628 g/mol. The van der Waals surface area contributed by atoms with Crippen LogP contribution in [0.25, 0.3) is 0 Å². The summed E-state index contributed by atoms with van der Waals surface area (Å²) in [5.41, 5.74) is 6.06. The Morgan fingerprint density at radius 2 is 0.929 bits per heavy atom. The van der Waals surface area contributed by atoms with Gasteiger partial charge in [0.2, 0.25) is 0 Å². The molecule has 2 aromatic rings. The second kappa shape index (κ2) is 9.15. The van der Waals surface area contributed by atoms with E-state index in [0.717, 1.165) is 25.7 Å². The topological polar surface area (TPSA) is 0 Å². The van der Waals surface area contributed by atoms with Crippen LogP contribution in [0.2, 0.25) is 0 Å². The van der Waals surface area contributed by atoms with Crippen LogP contribution in [0.5, 0.6) is 0 Å². The summed E-state index contributed by atoms with van der Waals surface area (Å²) in [5, 5.41) is 0. The minimum absolute atomic E-state index is 0.0636. The van der Waals surface area contributed by atoms with Crippen LogP contribution in [-0.4, -0.2) is 19.5 Å². The van der Waals surface area contributed by atoms with Crippen LogP contribution < -0.4 is 21.2 Å². The van der Waals surface area contributed by atoms with E-state index in [1.807, 2.05) is 0 Å². The summed E-state index contributed by atoms with van der Waals surface area (Å²) in [6, 6.07) is 14.2. The molecule has 0 aliphatic rings.